The predicted molar refractivity (Wildman–Crippen MR) is 115 cm³/mol. The lowest BCUT2D eigenvalue weighted by atomic mass is 10.1. The first-order chi connectivity index (χ1) is 14.2. The molecule has 1 N–H and O–H groups in total. The van der Waals surface area contributed by atoms with Crippen LogP contribution in [0.2, 0.25) is 0 Å². The van der Waals surface area contributed by atoms with Gasteiger partial charge in [-0.2, -0.15) is 0 Å². The molecular weight excluding hydrogens is 366 g/mol. The number of hydrogen-bond donors (Lipinski definition) is 1. The monoisotopic (exact) mass is 387 g/mol. The highest BCUT2D eigenvalue weighted by atomic mass is 16.5. The third kappa shape index (κ3) is 3.78. The van der Waals surface area contributed by atoms with E-state index in [-0.39, 0.29) is 5.91 Å². The van der Waals surface area contributed by atoms with E-state index in [1.165, 1.54) is 0 Å². The second-order valence-corrected chi connectivity index (χ2v) is 6.47. The molecule has 1 aliphatic heterocycles. The Labute approximate surface area is 169 Å². The van der Waals surface area contributed by atoms with E-state index in [2.05, 4.69) is 10.3 Å². The minimum atomic E-state index is -0.136. The molecule has 0 bridgehead atoms. The first kappa shape index (κ1) is 18.6. The van der Waals surface area contributed by atoms with E-state index >= 15 is 0 Å². The fourth-order valence-corrected chi connectivity index (χ4v) is 3.19. The molecule has 1 amide bonds. The maximum Gasteiger partial charge on any atom is 0.279 e. The quantitative estimate of drug-likeness (QED) is 0.687. The number of ether oxygens (including phenoxy) is 2. The zero-order chi connectivity index (χ0) is 20.2. The van der Waals surface area contributed by atoms with Crippen molar-refractivity contribution in [1.82, 2.24) is 0 Å². The standard InChI is InChI=1S/C23H21N3O3/c1-28-18-11-7-16(8-12-18)24-15-26-21-6-4-3-5-20(21)22(23(26)27)25-17-9-13-19(29-2)14-10-17/h3-14,24H,15H2,1-2H3. The minimum absolute atomic E-state index is 0.136. The van der Waals surface area contributed by atoms with Crippen LogP contribution in [0.15, 0.2) is 77.8 Å². The first-order valence-electron chi connectivity index (χ1n) is 9.21. The molecule has 146 valence electrons. The largest absolute Gasteiger partial charge is 0.497 e. The lowest BCUT2D eigenvalue weighted by Gasteiger charge is -2.18. The van der Waals surface area contributed by atoms with E-state index in [1.807, 2.05) is 72.8 Å². The Morgan fingerprint density at radius 2 is 1.48 bits per heavy atom. The summed E-state index contributed by atoms with van der Waals surface area (Å²) >= 11 is 0. The van der Waals surface area contributed by atoms with Crippen molar-refractivity contribution in [3.63, 3.8) is 0 Å². The van der Waals surface area contributed by atoms with Crippen molar-refractivity contribution < 1.29 is 14.3 Å². The van der Waals surface area contributed by atoms with Crippen molar-refractivity contribution in [2.45, 2.75) is 0 Å². The van der Waals surface area contributed by atoms with Crippen molar-refractivity contribution in [1.29, 1.82) is 0 Å². The van der Waals surface area contributed by atoms with Gasteiger partial charge in [0.25, 0.3) is 5.91 Å². The molecule has 6 heteroatoms. The smallest absolute Gasteiger partial charge is 0.279 e. The lowest BCUT2D eigenvalue weighted by molar-refractivity contribution is -0.112. The zero-order valence-electron chi connectivity index (χ0n) is 16.3. The minimum Gasteiger partial charge on any atom is -0.497 e. The van der Waals surface area contributed by atoms with Crippen LogP contribution in [0, 0.1) is 0 Å². The number of hydrogen-bond acceptors (Lipinski definition) is 5. The van der Waals surface area contributed by atoms with E-state index in [1.54, 1.807) is 19.1 Å². The number of para-hydroxylation sites is 1. The van der Waals surface area contributed by atoms with Crippen LogP contribution in [0.1, 0.15) is 5.56 Å². The average Bonchev–Trinajstić information content (AvgIpc) is 3.04. The van der Waals surface area contributed by atoms with Gasteiger partial charge in [-0.05, 0) is 54.6 Å². The fourth-order valence-electron chi connectivity index (χ4n) is 3.19. The van der Waals surface area contributed by atoms with E-state index in [9.17, 15) is 4.79 Å². The number of nitrogens with one attached hydrogen (secondary N) is 1. The Morgan fingerprint density at radius 3 is 2.14 bits per heavy atom. The number of carbonyl (C=O) groups excluding carboxylic acids is 1. The Balaban J connectivity index is 1.59. The van der Waals surface area contributed by atoms with Crippen LogP contribution in [0.4, 0.5) is 17.1 Å². The van der Waals surface area contributed by atoms with Gasteiger partial charge in [-0.3, -0.25) is 9.69 Å². The number of rotatable bonds is 6. The molecule has 0 radical (unpaired) electrons. The van der Waals surface area contributed by atoms with Crippen molar-refractivity contribution in [3.8, 4) is 11.5 Å². The average molecular weight is 387 g/mol. The summed E-state index contributed by atoms with van der Waals surface area (Å²) in [6, 6.07) is 22.6. The van der Waals surface area contributed by atoms with Crippen LogP contribution in [-0.2, 0) is 4.79 Å². The zero-order valence-corrected chi connectivity index (χ0v) is 16.3. The van der Waals surface area contributed by atoms with Crippen molar-refractivity contribution in [2.24, 2.45) is 4.99 Å². The summed E-state index contributed by atoms with van der Waals surface area (Å²) in [6.45, 7) is 0.337. The molecule has 0 saturated heterocycles. The number of anilines is 2. The summed E-state index contributed by atoms with van der Waals surface area (Å²) < 4.78 is 10.4. The van der Waals surface area contributed by atoms with Crippen LogP contribution in [0.25, 0.3) is 0 Å². The highest BCUT2D eigenvalue weighted by molar-refractivity contribution is 6.54. The predicted octanol–water partition coefficient (Wildman–Crippen LogP) is 4.24. The summed E-state index contributed by atoms with van der Waals surface area (Å²) in [4.78, 5) is 19.4. The van der Waals surface area contributed by atoms with Gasteiger partial charge in [-0.15, -0.1) is 0 Å². The molecule has 0 unspecified atom stereocenters. The summed E-state index contributed by atoms with van der Waals surface area (Å²) in [5.74, 6) is 1.40. The topological polar surface area (TPSA) is 63.2 Å². The Morgan fingerprint density at radius 1 is 0.862 bits per heavy atom. The second-order valence-electron chi connectivity index (χ2n) is 6.47. The number of methoxy groups -OCH3 is 2. The van der Waals surface area contributed by atoms with Crippen LogP contribution in [0.5, 0.6) is 11.5 Å². The third-order valence-corrected chi connectivity index (χ3v) is 4.74. The summed E-state index contributed by atoms with van der Waals surface area (Å²) in [5, 5.41) is 3.29. The molecule has 6 nitrogen and oxygen atoms in total. The van der Waals surface area contributed by atoms with Crippen molar-refractivity contribution >= 4 is 28.7 Å². The molecule has 0 saturated carbocycles. The third-order valence-electron chi connectivity index (χ3n) is 4.74. The van der Waals surface area contributed by atoms with Gasteiger partial charge < -0.3 is 14.8 Å². The van der Waals surface area contributed by atoms with Crippen LogP contribution in [-0.4, -0.2) is 32.5 Å². The molecule has 29 heavy (non-hydrogen) atoms. The number of carbonyl (C=O) groups is 1. The Hall–Kier alpha value is -3.80. The van der Waals surface area contributed by atoms with Gasteiger partial charge in [0, 0.05) is 11.3 Å². The Kier molecular flexibility index (Phi) is 5.16. The molecule has 0 spiro atoms. The highest BCUT2D eigenvalue weighted by Gasteiger charge is 2.33. The van der Waals surface area contributed by atoms with E-state index < -0.39 is 0 Å². The molecule has 4 rings (SSSR count). The molecule has 3 aromatic rings. The summed E-state index contributed by atoms with van der Waals surface area (Å²) in [6.07, 6.45) is 0. The van der Waals surface area contributed by atoms with Crippen LogP contribution >= 0.6 is 0 Å². The van der Waals surface area contributed by atoms with Gasteiger partial charge in [0.1, 0.15) is 17.2 Å². The van der Waals surface area contributed by atoms with E-state index in [4.69, 9.17) is 9.47 Å². The molecule has 0 atom stereocenters. The normalized spacial score (nSPS) is 14.1. The van der Waals surface area contributed by atoms with E-state index in [0.29, 0.717) is 18.1 Å². The fraction of sp³-hybridized carbons (Fsp3) is 0.130. The Bertz CT molecular complexity index is 1040. The maximum atomic E-state index is 13.1. The molecule has 1 heterocycles. The molecule has 1 aliphatic rings. The molecule has 0 aromatic heterocycles. The number of benzene rings is 3. The highest BCUT2D eigenvalue weighted by Crippen LogP contribution is 2.31. The van der Waals surface area contributed by atoms with Gasteiger partial charge in [0.15, 0.2) is 0 Å². The summed E-state index contributed by atoms with van der Waals surface area (Å²) in [5.41, 5.74) is 3.70. The second kappa shape index (κ2) is 8.06. The number of amides is 1. The van der Waals surface area contributed by atoms with Gasteiger partial charge in [-0.25, -0.2) is 4.99 Å². The summed E-state index contributed by atoms with van der Waals surface area (Å²) in [7, 11) is 3.25. The lowest BCUT2D eigenvalue weighted by Crippen LogP contribution is -2.34. The number of aliphatic imine (C=N–C) groups is 1. The van der Waals surface area contributed by atoms with E-state index in [0.717, 1.165) is 28.4 Å². The van der Waals surface area contributed by atoms with Gasteiger partial charge in [0.2, 0.25) is 0 Å². The number of nitrogens with zero attached hydrogens (tertiary/aromatic N) is 2. The molecule has 0 fully saturated rings. The van der Waals surface area contributed by atoms with Gasteiger partial charge in [0.05, 0.1) is 32.3 Å². The van der Waals surface area contributed by atoms with Gasteiger partial charge >= 0.3 is 0 Å². The SMILES string of the molecule is COc1ccc(N=C2C(=O)N(CNc3ccc(OC)cc3)c3ccccc32)cc1. The number of fused-ring (bicyclic) bond motifs is 1. The molecule has 3 aromatic carbocycles. The van der Waals surface area contributed by atoms with Crippen LogP contribution in [0.3, 0.4) is 0 Å². The van der Waals surface area contributed by atoms with Crippen LogP contribution < -0.4 is 19.7 Å². The van der Waals surface area contributed by atoms with Crippen molar-refractivity contribution in [2.75, 3.05) is 31.1 Å². The molecular formula is C23H21N3O3. The van der Waals surface area contributed by atoms with Gasteiger partial charge in [-0.1, -0.05) is 18.2 Å². The molecule has 0 aliphatic carbocycles. The van der Waals surface area contributed by atoms with Crippen molar-refractivity contribution in [3.05, 3.63) is 78.4 Å². The maximum absolute atomic E-state index is 13.1. The first-order valence-corrected chi connectivity index (χ1v) is 9.21.